The Morgan fingerprint density at radius 2 is 1.90 bits per heavy atom. The van der Waals surface area contributed by atoms with Gasteiger partial charge in [-0.15, -0.1) is 0 Å². The molecule has 0 aliphatic carbocycles. The Balaban J connectivity index is 3.05. The van der Waals surface area contributed by atoms with Crippen LogP contribution in [0, 0.1) is 6.29 Å². The molecular formula is C5H5O5. The van der Waals surface area contributed by atoms with E-state index >= 15 is 0 Å². The molecule has 5 heteroatoms. The lowest BCUT2D eigenvalue weighted by Crippen LogP contribution is -1.92. The Morgan fingerprint density at radius 3 is 2.10 bits per heavy atom. The Hall–Kier alpha value is -1.20. The smallest absolute Gasteiger partial charge is 0.291 e. The van der Waals surface area contributed by atoms with Crippen molar-refractivity contribution < 1.29 is 24.8 Å². The predicted octanol–water partition coefficient (Wildman–Crippen LogP) is 0.273. The summed E-state index contributed by atoms with van der Waals surface area (Å²) in [6.45, 7) is 0. The third kappa shape index (κ3) is 0.916. The van der Waals surface area contributed by atoms with Gasteiger partial charge in [0.1, 0.15) is 6.26 Å². The Labute approximate surface area is 55.8 Å². The molecule has 1 radical (unpaired) electrons. The molecule has 0 spiro atoms. The van der Waals surface area contributed by atoms with Crippen LogP contribution in [-0.4, -0.2) is 20.4 Å². The predicted molar refractivity (Wildman–Crippen MR) is 28.3 cm³/mol. The Morgan fingerprint density at radius 1 is 1.30 bits per heavy atom. The van der Waals surface area contributed by atoms with Crippen molar-refractivity contribution in [2.75, 3.05) is 0 Å². The van der Waals surface area contributed by atoms with Crippen LogP contribution in [0.5, 0.6) is 11.5 Å². The summed E-state index contributed by atoms with van der Waals surface area (Å²) in [5, 5.41) is 34.0. The van der Waals surface area contributed by atoms with E-state index in [0.717, 1.165) is 6.26 Å². The molecule has 5 nitrogen and oxygen atoms in total. The van der Waals surface area contributed by atoms with E-state index in [9.17, 15) is 0 Å². The average molecular weight is 145 g/mol. The van der Waals surface area contributed by atoms with E-state index in [1.54, 1.807) is 0 Å². The first-order valence-corrected chi connectivity index (χ1v) is 2.37. The zero-order valence-corrected chi connectivity index (χ0v) is 4.77. The van der Waals surface area contributed by atoms with Gasteiger partial charge in [-0.25, -0.2) is 0 Å². The van der Waals surface area contributed by atoms with E-state index in [4.69, 9.17) is 20.4 Å². The van der Waals surface area contributed by atoms with Crippen LogP contribution in [0.4, 0.5) is 0 Å². The molecule has 1 heterocycles. The summed E-state index contributed by atoms with van der Waals surface area (Å²) in [6.07, 6.45) is -0.380. The summed E-state index contributed by atoms with van der Waals surface area (Å²) < 4.78 is 4.32. The monoisotopic (exact) mass is 145 g/mol. The van der Waals surface area contributed by atoms with Crippen molar-refractivity contribution in [3.63, 3.8) is 0 Å². The van der Waals surface area contributed by atoms with Crippen LogP contribution < -0.4 is 0 Å². The van der Waals surface area contributed by atoms with Crippen molar-refractivity contribution in [3.8, 4) is 11.5 Å². The van der Waals surface area contributed by atoms with Crippen LogP contribution in [-0.2, 0) is 0 Å². The molecular weight excluding hydrogens is 140 g/mol. The minimum Gasteiger partial charge on any atom is -0.502 e. The summed E-state index contributed by atoms with van der Waals surface area (Å²) in [6, 6.07) is 0. The summed E-state index contributed by atoms with van der Waals surface area (Å²) in [4.78, 5) is 0. The highest BCUT2D eigenvalue weighted by atomic mass is 16.5. The summed E-state index contributed by atoms with van der Waals surface area (Å²) in [7, 11) is 0. The highest BCUT2D eigenvalue weighted by Crippen LogP contribution is 2.33. The van der Waals surface area contributed by atoms with E-state index in [0.29, 0.717) is 0 Å². The van der Waals surface area contributed by atoms with Gasteiger partial charge in [-0.3, -0.25) is 0 Å². The van der Waals surface area contributed by atoms with E-state index in [2.05, 4.69) is 4.42 Å². The highest BCUT2D eigenvalue weighted by Gasteiger charge is 2.18. The fourth-order valence-corrected chi connectivity index (χ4v) is 0.501. The molecule has 55 valence electrons. The van der Waals surface area contributed by atoms with Gasteiger partial charge in [-0.1, -0.05) is 0 Å². The fourth-order valence-electron chi connectivity index (χ4n) is 0.501. The van der Waals surface area contributed by atoms with Crippen LogP contribution >= 0.6 is 0 Å². The molecule has 1 aromatic heterocycles. The largest absolute Gasteiger partial charge is 0.502 e. The molecule has 0 bridgehead atoms. The van der Waals surface area contributed by atoms with Gasteiger partial charge in [0, 0.05) is 0 Å². The van der Waals surface area contributed by atoms with Gasteiger partial charge in [0.05, 0.1) is 0 Å². The van der Waals surface area contributed by atoms with Crippen molar-refractivity contribution in [2.45, 2.75) is 0 Å². The van der Waals surface area contributed by atoms with E-state index in [-0.39, 0.29) is 0 Å². The van der Waals surface area contributed by atoms with Gasteiger partial charge in [0.2, 0.25) is 11.5 Å². The number of furan rings is 1. The van der Waals surface area contributed by atoms with Crippen molar-refractivity contribution in [3.05, 3.63) is 18.3 Å². The molecule has 10 heavy (non-hydrogen) atoms. The molecule has 0 saturated heterocycles. The molecule has 0 fully saturated rings. The topological polar surface area (TPSA) is 94.1 Å². The van der Waals surface area contributed by atoms with Crippen molar-refractivity contribution in [1.29, 1.82) is 0 Å². The maximum absolute atomic E-state index is 8.72. The Bertz CT molecular complexity index is 226. The lowest BCUT2D eigenvalue weighted by atomic mass is 10.4. The number of aliphatic hydroxyl groups is 2. The lowest BCUT2D eigenvalue weighted by Gasteiger charge is -1.94. The van der Waals surface area contributed by atoms with Gasteiger partial charge in [0.25, 0.3) is 6.29 Å². The maximum atomic E-state index is 8.72. The van der Waals surface area contributed by atoms with Crippen LogP contribution in [0.25, 0.3) is 0 Å². The number of hydrogen-bond acceptors (Lipinski definition) is 5. The molecule has 0 amide bonds. The molecule has 1 aromatic rings. The quantitative estimate of drug-likeness (QED) is 0.455. The highest BCUT2D eigenvalue weighted by molar-refractivity contribution is 5.41. The first-order chi connectivity index (χ1) is 4.63. The van der Waals surface area contributed by atoms with Crippen molar-refractivity contribution >= 4 is 0 Å². The standard InChI is InChI=1S/C5H5O5/c6-2-1-10-4(3(2)7)5(8)9/h1,6-9H. The number of aliphatic hydroxyl groups excluding tert-OH is 1. The molecule has 1 rings (SSSR count). The van der Waals surface area contributed by atoms with Gasteiger partial charge in [0.15, 0.2) is 5.75 Å². The first kappa shape index (κ1) is 6.91. The molecule has 0 unspecified atom stereocenters. The van der Waals surface area contributed by atoms with E-state index in [1.807, 2.05) is 0 Å². The summed E-state index contributed by atoms with van der Waals surface area (Å²) >= 11 is 0. The molecule has 0 aromatic carbocycles. The second kappa shape index (κ2) is 2.20. The molecule has 0 aliphatic rings. The van der Waals surface area contributed by atoms with Gasteiger partial charge in [-0.2, -0.15) is 0 Å². The van der Waals surface area contributed by atoms with Crippen LogP contribution in [0.1, 0.15) is 5.76 Å². The minimum absolute atomic E-state index is 0.532. The van der Waals surface area contributed by atoms with Crippen LogP contribution in [0.3, 0.4) is 0 Å². The van der Waals surface area contributed by atoms with Gasteiger partial charge < -0.3 is 24.8 Å². The third-order valence-corrected chi connectivity index (χ3v) is 0.949. The molecule has 0 atom stereocenters. The number of aromatic hydroxyl groups is 2. The summed E-state index contributed by atoms with van der Waals surface area (Å²) in [5.41, 5.74) is 0. The second-order valence-electron chi connectivity index (χ2n) is 1.62. The normalized spacial score (nSPS) is 10.7. The zero-order valence-electron chi connectivity index (χ0n) is 4.77. The minimum atomic E-state index is -1.17. The second-order valence-corrected chi connectivity index (χ2v) is 1.62. The van der Waals surface area contributed by atoms with Crippen molar-refractivity contribution in [2.24, 2.45) is 0 Å². The molecule has 0 aliphatic heterocycles. The van der Waals surface area contributed by atoms with E-state index < -0.39 is 23.5 Å². The van der Waals surface area contributed by atoms with E-state index in [1.165, 1.54) is 0 Å². The Kier molecular flexibility index (Phi) is 1.52. The van der Waals surface area contributed by atoms with Crippen molar-refractivity contribution in [1.82, 2.24) is 0 Å². The SMILES string of the molecule is O[C](O)c1occ(O)c1O. The maximum Gasteiger partial charge on any atom is 0.291 e. The van der Waals surface area contributed by atoms with Crippen LogP contribution in [0.2, 0.25) is 0 Å². The summed E-state index contributed by atoms with van der Waals surface area (Å²) in [5.74, 6) is -1.76. The number of rotatable bonds is 1. The van der Waals surface area contributed by atoms with Gasteiger partial charge in [-0.05, 0) is 0 Å². The third-order valence-electron chi connectivity index (χ3n) is 0.949. The molecule has 4 N–H and O–H groups in total. The lowest BCUT2D eigenvalue weighted by molar-refractivity contribution is 0.0893. The van der Waals surface area contributed by atoms with Gasteiger partial charge >= 0.3 is 0 Å². The molecule has 0 saturated carbocycles. The first-order valence-electron chi connectivity index (χ1n) is 2.37. The van der Waals surface area contributed by atoms with Crippen LogP contribution in [0.15, 0.2) is 10.7 Å². The number of hydrogen-bond donors (Lipinski definition) is 4. The average Bonchev–Trinajstić information content (AvgIpc) is 2.14. The zero-order chi connectivity index (χ0) is 7.72. The fraction of sp³-hybridized carbons (Fsp3) is 0.